The summed E-state index contributed by atoms with van der Waals surface area (Å²) >= 11 is 0. The lowest BCUT2D eigenvalue weighted by molar-refractivity contribution is -0.0192. The van der Waals surface area contributed by atoms with Crippen molar-refractivity contribution in [1.29, 1.82) is 0 Å². The molecule has 188 valence electrons. The Hall–Kier alpha value is -3.69. The zero-order chi connectivity index (χ0) is 25.1. The van der Waals surface area contributed by atoms with Gasteiger partial charge in [-0.3, -0.25) is 9.48 Å². The number of nitrogens with zero attached hydrogens (tertiary/aromatic N) is 4. The Balaban J connectivity index is 1.30. The maximum absolute atomic E-state index is 12.8. The van der Waals surface area contributed by atoms with Crippen molar-refractivity contribution >= 4 is 23.4 Å². The first-order valence-corrected chi connectivity index (χ1v) is 12.0. The molecule has 0 saturated carbocycles. The molecule has 1 fully saturated rings. The van der Waals surface area contributed by atoms with Crippen LogP contribution in [0.5, 0.6) is 5.75 Å². The van der Waals surface area contributed by atoms with Crippen LogP contribution in [0.15, 0.2) is 65.2 Å². The third-order valence-corrected chi connectivity index (χ3v) is 6.71. The Morgan fingerprint density at radius 3 is 2.83 bits per heavy atom. The summed E-state index contributed by atoms with van der Waals surface area (Å²) in [5, 5.41) is 7.79. The molecular formula is C27H31N5O4. The van der Waals surface area contributed by atoms with Gasteiger partial charge in [0, 0.05) is 56.8 Å². The molecule has 1 aromatic heterocycles. The van der Waals surface area contributed by atoms with Crippen LogP contribution in [-0.4, -0.2) is 73.9 Å². The molecule has 3 heterocycles. The predicted molar refractivity (Wildman–Crippen MR) is 138 cm³/mol. The number of anilines is 1. The van der Waals surface area contributed by atoms with Crippen LogP contribution < -0.4 is 10.1 Å². The van der Waals surface area contributed by atoms with Crippen LogP contribution in [0.2, 0.25) is 0 Å². The molecule has 1 aliphatic carbocycles. The molecule has 9 heteroatoms. The zero-order valence-electron chi connectivity index (χ0n) is 20.8. The molecule has 3 aliphatic rings. The summed E-state index contributed by atoms with van der Waals surface area (Å²) in [6.45, 7) is 2.57. The van der Waals surface area contributed by atoms with Crippen molar-refractivity contribution in [1.82, 2.24) is 14.7 Å². The number of carbonyl (C=O) groups excluding carboxylic acids is 1. The summed E-state index contributed by atoms with van der Waals surface area (Å²) in [6.07, 6.45) is 13.4. The van der Waals surface area contributed by atoms with Crippen molar-refractivity contribution in [3.05, 3.63) is 71.3 Å². The van der Waals surface area contributed by atoms with Crippen molar-refractivity contribution in [3.63, 3.8) is 0 Å². The van der Waals surface area contributed by atoms with E-state index in [-0.39, 0.29) is 17.9 Å². The number of nitrogens with one attached hydrogen (secondary N) is 1. The molecular weight excluding hydrogens is 458 g/mol. The third-order valence-electron chi connectivity index (χ3n) is 6.71. The highest BCUT2D eigenvalue weighted by molar-refractivity contribution is 5.96. The van der Waals surface area contributed by atoms with Gasteiger partial charge in [0.1, 0.15) is 11.6 Å². The highest BCUT2D eigenvalue weighted by atomic mass is 16.5. The Morgan fingerprint density at radius 2 is 2.06 bits per heavy atom. The number of allylic oxidation sites excluding steroid dienone is 5. The third kappa shape index (κ3) is 4.98. The summed E-state index contributed by atoms with van der Waals surface area (Å²) in [7, 11) is 4.95. The molecule has 1 unspecified atom stereocenters. The van der Waals surface area contributed by atoms with Gasteiger partial charge in [0.2, 0.25) is 0 Å². The van der Waals surface area contributed by atoms with E-state index in [1.165, 1.54) is 5.57 Å². The second-order valence-corrected chi connectivity index (χ2v) is 9.05. The molecule has 1 saturated heterocycles. The molecule has 0 radical (unpaired) electrons. The van der Waals surface area contributed by atoms with E-state index in [4.69, 9.17) is 14.2 Å². The van der Waals surface area contributed by atoms with E-state index in [0.29, 0.717) is 31.0 Å². The summed E-state index contributed by atoms with van der Waals surface area (Å²) in [4.78, 5) is 19.1. The van der Waals surface area contributed by atoms with Crippen LogP contribution in [0.4, 0.5) is 5.69 Å². The lowest BCUT2D eigenvalue weighted by atomic mass is 9.86. The summed E-state index contributed by atoms with van der Waals surface area (Å²) in [5.74, 6) is 1.53. The number of fused-ring (bicyclic) bond motifs is 1. The molecule has 36 heavy (non-hydrogen) atoms. The van der Waals surface area contributed by atoms with Crippen molar-refractivity contribution < 1.29 is 19.0 Å². The van der Waals surface area contributed by atoms with Gasteiger partial charge < -0.3 is 24.4 Å². The quantitative estimate of drug-likeness (QED) is 0.581. The van der Waals surface area contributed by atoms with Gasteiger partial charge in [-0.05, 0) is 41.8 Å². The maximum atomic E-state index is 12.8. The molecule has 5 rings (SSSR count). The average molecular weight is 490 g/mol. The standard InChI is InChI=1S/C27H31N5O4/c1-34-9-8-32-15-22(14-29-32)18-4-5-20-13-28-26(12-21(20)10-18)30-24-7-6-19(11-25(24)36-3)27(33)31-16-23(17-31)35-2/h4,6-7,10-15,20,23,30H,5,8-9,16-17H2,1-3H3. The first-order chi connectivity index (χ1) is 17.6. The lowest BCUT2D eigenvalue weighted by Crippen LogP contribution is -2.54. The van der Waals surface area contributed by atoms with Crippen molar-refractivity contribution in [3.8, 4) is 5.75 Å². The number of carbonyl (C=O) groups is 1. The van der Waals surface area contributed by atoms with Crippen LogP contribution in [0.3, 0.4) is 0 Å². The maximum Gasteiger partial charge on any atom is 0.254 e. The molecule has 0 bridgehead atoms. The Labute approximate surface area is 210 Å². The number of methoxy groups -OCH3 is 3. The van der Waals surface area contributed by atoms with E-state index < -0.39 is 0 Å². The number of aromatic nitrogens is 2. The normalized spacial score (nSPS) is 19.1. The second-order valence-electron chi connectivity index (χ2n) is 9.05. The fourth-order valence-corrected chi connectivity index (χ4v) is 4.49. The number of ether oxygens (including phenoxy) is 3. The first kappa shape index (κ1) is 24.0. The van der Waals surface area contributed by atoms with Crippen molar-refractivity contribution in [2.24, 2.45) is 10.9 Å². The van der Waals surface area contributed by atoms with Gasteiger partial charge in [-0.1, -0.05) is 12.2 Å². The van der Waals surface area contributed by atoms with E-state index in [1.54, 1.807) is 32.3 Å². The Kier molecular flexibility index (Phi) is 7.02. The smallest absolute Gasteiger partial charge is 0.254 e. The minimum atomic E-state index is -0.0249. The number of aliphatic imine (C=N–C) groups is 1. The van der Waals surface area contributed by atoms with E-state index in [9.17, 15) is 4.79 Å². The van der Waals surface area contributed by atoms with Crippen LogP contribution in [0.25, 0.3) is 5.57 Å². The number of benzene rings is 1. The minimum Gasteiger partial charge on any atom is -0.495 e. The van der Waals surface area contributed by atoms with Crippen LogP contribution in [0.1, 0.15) is 22.3 Å². The van der Waals surface area contributed by atoms with Crippen LogP contribution >= 0.6 is 0 Å². The molecule has 1 atom stereocenters. The summed E-state index contributed by atoms with van der Waals surface area (Å²) in [6, 6.07) is 5.44. The number of rotatable bonds is 9. The predicted octanol–water partition coefficient (Wildman–Crippen LogP) is 3.38. The molecule has 0 spiro atoms. The molecule has 9 nitrogen and oxygen atoms in total. The number of hydrogen-bond donors (Lipinski definition) is 1. The minimum absolute atomic E-state index is 0.0249. The van der Waals surface area contributed by atoms with E-state index >= 15 is 0 Å². The molecule has 2 aliphatic heterocycles. The van der Waals surface area contributed by atoms with Gasteiger partial charge in [0.15, 0.2) is 0 Å². The van der Waals surface area contributed by atoms with Crippen LogP contribution in [0, 0.1) is 5.92 Å². The Morgan fingerprint density at radius 1 is 1.19 bits per heavy atom. The molecule has 1 amide bonds. The van der Waals surface area contributed by atoms with Gasteiger partial charge >= 0.3 is 0 Å². The van der Waals surface area contributed by atoms with Gasteiger partial charge in [-0.15, -0.1) is 0 Å². The van der Waals surface area contributed by atoms with Gasteiger partial charge in [0.25, 0.3) is 5.91 Å². The van der Waals surface area contributed by atoms with Gasteiger partial charge in [-0.25, -0.2) is 4.99 Å². The fraction of sp³-hybridized carbons (Fsp3) is 0.370. The zero-order valence-corrected chi connectivity index (χ0v) is 20.8. The lowest BCUT2D eigenvalue weighted by Gasteiger charge is -2.38. The average Bonchev–Trinajstić information content (AvgIpc) is 3.35. The van der Waals surface area contributed by atoms with Crippen LogP contribution in [-0.2, 0) is 16.0 Å². The number of amides is 1. The topological polar surface area (TPSA) is 90.2 Å². The SMILES string of the molecule is COCCn1cc(C2=CCC3C=NC(Nc4ccc(C(=O)N5CC(OC)C5)cc4OC)=CC3=C2)cn1. The van der Waals surface area contributed by atoms with Crippen molar-refractivity contribution in [2.45, 2.75) is 19.1 Å². The van der Waals surface area contributed by atoms with E-state index in [0.717, 1.165) is 35.6 Å². The first-order valence-electron chi connectivity index (χ1n) is 12.0. The van der Waals surface area contributed by atoms with Gasteiger partial charge in [0.05, 0.1) is 38.2 Å². The number of hydrogen-bond acceptors (Lipinski definition) is 7. The van der Waals surface area contributed by atoms with E-state index in [2.05, 4.69) is 33.6 Å². The summed E-state index contributed by atoms with van der Waals surface area (Å²) in [5.41, 5.74) is 4.76. The van der Waals surface area contributed by atoms with Crippen molar-refractivity contribution in [2.75, 3.05) is 46.3 Å². The molecule has 2 aromatic rings. The molecule has 1 N–H and O–H groups in total. The molecule has 1 aromatic carbocycles. The second kappa shape index (κ2) is 10.5. The number of likely N-dealkylation sites (tertiary alicyclic amines) is 1. The fourth-order valence-electron chi connectivity index (χ4n) is 4.49. The summed E-state index contributed by atoms with van der Waals surface area (Å²) < 4.78 is 17.9. The largest absolute Gasteiger partial charge is 0.495 e. The highest BCUT2D eigenvalue weighted by Gasteiger charge is 2.31. The Bertz CT molecular complexity index is 1250. The monoisotopic (exact) mass is 489 g/mol. The highest BCUT2D eigenvalue weighted by Crippen LogP contribution is 2.34. The van der Waals surface area contributed by atoms with Gasteiger partial charge in [-0.2, -0.15) is 5.10 Å². The van der Waals surface area contributed by atoms with E-state index in [1.807, 2.05) is 35.4 Å².